The summed E-state index contributed by atoms with van der Waals surface area (Å²) in [6.45, 7) is -0.0412. The fourth-order valence-electron chi connectivity index (χ4n) is 1.41. The lowest BCUT2D eigenvalue weighted by atomic mass is 10.2. The summed E-state index contributed by atoms with van der Waals surface area (Å²) in [5.41, 5.74) is 0. The number of amides is 1. The minimum atomic E-state index is -0.178. The standard InChI is InChI=1S/C11H17ClN2O3S/c1-18-5-4-8(7-15)13-11(16)3-2-9-6-10(12)14-17-9/h6,8,15H,2-5,7H2,1H3,(H,13,16)/t8-/m1/s1. The van der Waals surface area contributed by atoms with Gasteiger partial charge in [0, 0.05) is 18.9 Å². The molecule has 0 aliphatic carbocycles. The van der Waals surface area contributed by atoms with Crippen LogP contribution >= 0.6 is 23.4 Å². The average Bonchev–Trinajstić information content (AvgIpc) is 2.78. The molecule has 0 radical (unpaired) electrons. The van der Waals surface area contributed by atoms with Crippen molar-refractivity contribution in [2.45, 2.75) is 25.3 Å². The summed E-state index contributed by atoms with van der Waals surface area (Å²) in [7, 11) is 0. The maximum Gasteiger partial charge on any atom is 0.220 e. The van der Waals surface area contributed by atoms with E-state index in [1.54, 1.807) is 17.8 Å². The topological polar surface area (TPSA) is 75.4 Å². The maximum absolute atomic E-state index is 11.6. The molecule has 0 aliphatic heterocycles. The highest BCUT2D eigenvalue weighted by molar-refractivity contribution is 7.98. The second kappa shape index (κ2) is 8.39. The molecule has 0 unspecified atom stereocenters. The summed E-state index contributed by atoms with van der Waals surface area (Å²) < 4.78 is 4.90. The molecule has 1 rings (SSSR count). The zero-order chi connectivity index (χ0) is 13.4. The first kappa shape index (κ1) is 15.3. The Morgan fingerprint density at radius 1 is 1.72 bits per heavy atom. The average molecular weight is 293 g/mol. The van der Waals surface area contributed by atoms with Crippen LogP contribution in [0.2, 0.25) is 5.15 Å². The van der Waals surface area contributed by atoms with Crippen LogP contribution in [0, 0.1) is 0 Å². The van der Waals surface area contributed by atoms with E-state index in [0.717, 1.165) is 12.2 Å². The number of carbonyl (C=O) groups excluding carboxylic acids is 1. The van der Waals surface area contributed by atoms with Crippen LogP contribution in [0.25, 0.3) is 0 Å². The van der Waals surface area contributed by atoms with Crippen molar-refractivity contribution in [3.63, 3.8) is 0 Å². The number of thioether (sulfide) groups is 1. The zero-order valence-corrected chi connectivity index (χ0v) is 11.8. The van der Waals surface area contributed by atoms with Gasteiger partial charge in [-0.25, -0.2) is 0 Å². The van der Waals surface area contributed by atoms with Crippen molar-refractivity contribution in [3.8, 4) is 0 Å². The SMILES string of the molecule is CSCC[C@H](CO)NC(=O)CCc1cc(Cl)no1. The molecule has 1 atom stereocenters. The van der Waals surface area contributed by atoms with Crippen LogP contribution < -0.4 is 5.32 Å². The second-order valence-corrected chi connectivity index (χ2v) is 5.22. The van der Waals surface area contributed by atoms with Gasteiger partial charge in [0.05, 0.1) is 12.6 Å². The number of aliphatic hydroxyl groups is 1. The number of carbonyl (C=O) groups is 1. The number of aryl methyl sites for hydroxylation is 1. The molecule has 1 aromatic rings. The van der Waals surface area contributed by atoms with Gasteiger partial charge >= 0.3 is 0 Å². The molecule has 7 heteroatoms. The van der Waals surface area contributed by atoms with Gasteiger partial charge in [-0.1, -0.05) is 16.8 Å². The molecule has 0 spiro atoms. The summed E-state index contributed by atoms with van der Waals surface area (Å²) in [5, 5.41) is 15.7. The molecule has 18 heavy (non-hydrogen) atoms. The number of nitrogens with zero attached hydrogens (tertiary/aromatic N) is 1. The third-order valence-electron chi connectivity index (χ3n) is 2.38. The molecule has 5 nitrogen and oxygen atoms in total. The van der Waals surface area contributed by atoms with E-state index in [9.17, 15) is 4.79 Å². The van der Waals surface area contributed by atoms with Gasteiger partial charge in [-0.3, -0.25) is 4.79 Å². The fourth-order valence-corrected chi connectivity index (χ4v) is 2.09. The molecule has 1 aromatic heterocycles. The van der Waals surface area contributed by atoms with Gasteiger partial charge in [-0.2, -0.15) is 11.8 Å². The lowest BCUT2D eigenvalue weighted by Crippen LogP contribution is -2.38. The van der Waals surface area contributed by atoms with Crippen LogP contribution in [0.4, 0.5) is 0 Å². The first-order valence-corrected chi connectivity index (χ1v) is 7.43. The summed E-state index contributed by atoms with van der Waals surface area (Å²) in [5.74, 6) is 1.38. The van der Waals surface area contributed by atoms with Gasteiger partial charge in [0.15, 0.2) is 5.15 Å². The predicted molar refractivity (Wildman–Crippen MR) is 71.8 cm³/mol. The van der Waals surface area contributed by atoms with Crippen molar-refractivity contribution in [1.82, 2.24) is 10.5 Å². The van der Waals surface area contributed by atoms with Crippen LogP contribution in [0.1, 0.15) is 18.6 Å². The molecule has 0 bridgehead atoms. The number of rotatable bonds is 8. The van der Waals surface area contributed by atoms with Crippen LogP contribution in [-0.4, -0.2) is 40.8 Å². The van der Waals surface area contributed by atoms with E-state index >= 15 is 0 Å². The molecule has 102 valence electrons. The molecule has 0 aliphatic rings. The number of aromatic nitrogens is 1. The summed E-state index contributed by atoms with van der Waals surface area (Å²) >= 11 is 7.28. The summed E-state index contributed by atoms with van der Waals surface area (Å²) in [4.78, 5) is 11.6. The molecule has 2 N–H and O–H groups in total. The Bertz CT molecular complexity index is 373. The molecule has 0 fully saturated rings. The monoisotopic (exact) mass is 292 g/mol. The van der Waals surface area contributed by atoms with Crippen molar-refractivity contribution in [3.05, 3.63) is 17.0 Å². The highest BCUT2D eigenvalue weighted by Crippen LogP contribution is 2.10. The normalized spacial score (nSPS) is 12.4. The van der Waals surface area contributed by atoms with Crippen LogP contribution in [-0.2, 0) is 11.2 Å². The Hall–Kier alpha value is -0.720. The Morgan fingerprint density at radius 3 is 3.06 bits per heavy atom. The third kappa shape index (κ3) is 5.75. The smallest absolute Gasteiger partial charge is 0.220 e. The number of hydrogen-bond donors (Lipinski definition) is 2. The number of halogens is 1. The minimum Gasteiger partial charge on any atom is -0.394 e. The molecule has 1 heterocycles. The first-order chi connectivity index (χ1) is 8.65. The largest absolute Gasteiger partial charge is 0.394 e. The number of aliphatic hydroxyl groups excluding tert-OH is 1. The van der Waals surface area contributed by atoms with Crippen LogP contribution in [0.5, 0.6) is 0 Å². The maximum atomic E-state index is 11.6. The Morgan fingerprint density at radius 2 is 2.50 bits per heavy atom. The summed E-state index contributed by atoms with van der Waals surface area (Å²) in [6, 6.07) is 1.41. The van der Waals surface area contributed by atoms with E-state index in [0.29, 0.717) is 23.8 Å². The third-order valence-corrected chi connectivity index (χ3v) is 3.21. The van der Waals surface area contributed by atoms with E-state index in [2.05, 4.69) is 10.5 Å². The fraction of sp³-hybridized carbons (Fsp3) is 0.636. The highest BCUT2D eigenvalue weighted by atomic mass is 35.5. The highest BCUT2D eigenvalue weighted by Gasteiger charge is 2.12. The van der Waals surface area contributed by atoms with Crippen LogP contribution in [0.3, 0.4) is 0 Å². The molecular formula is C11H17ClN2O3S. The van der Waals surface area contributed by atoms with E-state index in [1.807, 2.05) is 6.26 Å². The van der Waals surface area contributed by atoms with Crippen molar-refractivity contribution < 1.29 is 14.4 Å². The number of nitrogens with one attached hydrogen (secondary N) is 1. The molecular weight excluding hydrogens is 276 g/mol. The van der Waals surface area contributed by atoms with Crippen molar-refractivity contribution in [2.24, 2.45) is 0 Å². The van der Waals surface area contributed by atoms with E-state index in [1.165, 1.54) is 0 Å². The zero-order valence-electron chi connectivity index (χ0n) is 10.2. The van der Waals surface area contributed by atoms with Gasteiger partial charge in [0.1, 0.15) is 5.76 Å². The van der Waals surface area contributed by atoms with Gasteiger partial charge in [0.25, 0.3) is 0 Å². The van der Waals surface area contributed by atoms with E-state index in [-0.39, 0.29) is 18.6 Å². The number of hydrogen-bond acceptors (Lipinski definition) is 5. The second-order valence-electron chi connectivity index (χ2n) is 3.84. The predicted octanol–water partition coefficient (Wildman–Crippen LogP) is 1.49. The lowest BCUT2D eigenvalue weighted by Gasteiger charge is -2.15. The molecule has 1 amide bonds. The minimum absolute atomic E-state index is 0.0412. The van der Waals surface area contributed by atoms with Crippen LogP contribution in [0.15, 0.2) is 10.6 Å². The van der Waals surface area contributed by atoms with Gasteiger partial charge < -0.3 is 14.9 Å². The molecule has 0 aromatic carbocycles. The quantitative estimate of drug-likeness (QED) is 0.759. The summed E-state index contributed by atoms with van der Waals surface area (Å²) in [6.07, 6.45) is 3.50. The Labute approximate surface area is 115 Å². The van der Waals surface area contributed by atoms with Gasteiger partial charge in [-0.15, -0.1) is 0 Å². The Balaban J connectivity index is 2.27. The molecule has 0 saturated carbocycles. The molecule has 0 saturated heterocycles. The van der Waals surface area contributed by atoms with Gasteiger partial charge in [0.2, 0.25) is 5.91 Å². The Kier molecular flexibility index (Phi) is 7.15. The van der Waals surface area contributed by atoms with E-state index in [4.69, 9.17) is 21.2 Å². The lowest BCUT2D eigenvalue weighted by molar-refractivity contribution is -0.122. The van der Waals surface area contributed by atoms with Crippen molar-refractivity contribution >= 4 is 29.3 Å². The van der Waals surface area contributed by atoms with Crippen molar-refractivity contribution in [1.29, 1.82) is 0 Å². The van der Waals surface area contributed by atoms with Gasteiger partial charge in [-0.05, 0) is 18.4 Å². The van der Waals surface area contributed by atoms with E-state index < -0.39 is 0 Å². The first-order valence-electron chi connectivity index (χ1n) is 5.66. The van der Waals surface area contributed by atoms with Crippen molar-refractivity contribution in [2.75, 3.05) is 18.6 Å².